The monoisotopic (exact) mass is 257 g/mol. The van der Waals surface area contributed by atoms with Crippen LogP contribution in [0.4, 0.5) is 18.9 Å². The first-order valence-electron chi connectivity index (χ1n) is 3.75. The average Bonchev–Trinajstić information content (AvgIpc) is 2.04. The molecule has 5 nitrogen and oxygen atoms in total. The SMILES string of the molecule is O=S(=O)(O)Nc1ccc(C(F)(F)F)cc1O. The number of anilines is 1. The zero-order chi connectivity index (χ0) is 12.6. The number of hydrogen-bond donors (Lipinski definition) is 3. The summed E-state index contributed by atoms with van der Waals surface area (Å²) in [4.78, 5) is 0. The van der Waals surface area contributed by atoms with Gasteiger partial charge in [-0.25, -0.2) is 0 Å². The molecule has 0 atom stereocenters. The van der Waals surface area contributed by atoms with Crippen LogP contribution in [0, 0.1) is 0 Å². The molecule has 0 unspecified atom stereocenters. The highest BCUT2D eigenvalue weighted by Crippen LogP contribution is 2.34. The molecule has 0 radical (unpaired) electrons. The van der Waals surface area contributed by atoms with Gasteiger partial charge in [-0.15, -0.1) is 0 Å². The number of halogens is 3. The maximum absolute atomic E-state index is 12.1. The van der Waals surface area contributed by atoms with Crippen LogP contribution in [-0.4, -0.2) is 18.1 Å². The van der Waals surface area contributed by atoms with Gasteiger partial charge in [-0.2, -0.15) is 21.6 Å². The number of hydrogen-bond acceptors (Lipinski definition) is 3. The van der Waals surface area contributed by atoms with Crippen molar-refractivity contribution in [1.82, 2.24) is 0 Å². The maximum Gasteiger partial charge on any atom is 0.416 e. The lowest BCUT2D eigenvalue weighted by atomic mass is 10.2. The van der Waals surface area contributed by atoms with Gasteiger partial charge in [0.25, 0.3) is 0 Å². The number of phenols is 1. The first kappa shape index (κ1) is 12.6. The second-order valence-electron chi connectivity index (χ2n) is 2.81. The number of phenolic OH excluding ortho intramolecular Hbond substituents is 1. The normalized spacial score (nSPS) is 12.5. The molecule has 0 aliphatic rings. The Morgan fingerprint density at radius 3 is 2.19 bits per heavy atom. The summed E-state index contributed by atoms with van der Waals surface area (Å²) in [6.45, 7) is 0. The third-order valence-corrected chi connectivity index (χ3v) is 2.04. The van der Waals surface area contributed by atoms with Crippen molar-refractivity contribution in [3.63, 3.8) is 0 Å². The van der Waals surface area contributed by atoms with Gasteiger partial charge in [0.05, 0.1) is 11.3 Å². The number of aromatic hydroxyl groups is 1. The summed E-state index contributed by atoms with van der Waals surface area (Å²) in [5.41, 5.74) is -1.68. The van der Waals surface area contributed by atoms with Gasteiger partial charge in [-0.3, -0.25) is 9.27 Å². The lowest BCUT2D eigenvalue weighted by Gasteiger charge is -2.09. The van der Waals surface area contributed by atoms with Gasteiger partial charge >= 0.3 is 16.5 Å². The second-order valence-corrected chi connectivity index (χ2v) is 3.96. The number of nitrogens with one attached hydrogen (secondary N) is 1. The Hall–Kier alpha value is -1.48. The van der Waals surface area contributed by atoms with Crippen molar-refractivity contribution in [3.05, 3.63) is 23.8 Å². The highest BCUT2D eigenvalue weighted by molar-refractivity contribution is 7.87. The number of alkyl halides is 3. The van der Waals surface area contributed by atoms with Crippen molar-refractivity contribution in [2.45, 2.75) is 6.18 Å². The zero-order valence-corrected chi connectivity index (χ0v) is 8.30. The summed E-state index contributed by atoms with van der Waals surface area (Å²) in [6.07, 6.45) is -4.64. The van der Waals surface area contributed by atoms with Gasteiger partial charge in [-0.1, -0.05) is 0 Å². The van der Waals surface area contributed by atoms with Crippen molar-refractivity contribution in [1.29, 1.82) is 0 Å². The molecule has 0 bridgehead atoms. The summed E-state index contributed by atoms with van der Waals surface area (Å²) < 4.78 is 66.9. The van der Waals surface area contributed by atoms with Gasteiger partial charge in [0, 0.05) is 0 Å². The Balaban J connectivity index is 3.11. The second kappa shape index (κ2) is 3.83. The third-order valence-electron chi connectivity index (χ3n) is 1.56. The highest BCUT2D eigenvalue weighted by atomic mass is 32.2. The van der Waals surface area contributed by atoms with Crippen LogP contribution in [0.1, 0.15) is 5.56 Å². The van der Waals surface area contributed by atoms with E-state index in [2.05, 4.69) is 0 Å². The summed E-state index contributed by atoms with van der Waals surface area (Å²) in [5, 5.41) is 9.08. The van der Waals surface area contributed by atoms with Crippen LogP contribution in [-0.2, 0) is 16.5 Å². The lowest BCUT2D eigenvalue weighted by Crippen LogP contribution is -2.11. The maximum atomic E-state index is 12.1. The Bertz CT molecular complexity index is 497. The molecule has 0 saturated carbocycles. The molecule has 3 N–H and O–H groups in total. The fraction of sp³-hybridized carbons (Fsp3) is 0.143. The van der Waals surface area contributed by atoms with Crippen molar-refractivity contribution >= 4 is 16.0 Å². The lowest BCUT2D eigenvalue weighted by molar-refractivity contribution is -0.137. The summed E-state index contributed by atoms with van der Waals surface area (Å²) in [6, 6.07) is 1.59. The molecule has 0 heterocycles. The van der Waals surface area contributed by atoms with Crippen LogP contribution >= 0.6 is 0 Å². The quantitative estimate of drug-likeness (QED) is 0.555. The molecule has 90 valence electrons. The van der Waals surface area contributed by atoms with Crippen LogP contribution in [0.25, 0.3) is 0 Å². The topological polar surface area (TPSA) is 86.6 Å². The van der Waals surface area contributed by atoms with Crippen LogP contribution < -0.4 is 4.72 Å². The molecule has 0 spiro atoms. The third kappa shape index (κ3) is 3.28. The largest absolute Gasteiger partial charge is 0.506 e. The summed E-state index contributed by atoms with van der Waals surface area (Å²) >= 11 is 0. The zero-order valence-electron chi connectivity index (χ0n) is 7.49. The van der Waals surface area contributed by atoms with E-state index in [9.17, 15) is 21.6 Å². The molecule has 0 aromatic heterocycles. The first-order valence-corrected chi connectivity index (χ1v) is 5.19. The van der Waals surface area contributed by atoms with Gasteiger partial charge < -0.3 is 5.11 Å². The fourth-order valence-corrected chi connectivity index (χ4v) is 1.38. The average molecular weight is 257 g/mol. The Labute approximate surface area is 88.4 Å². The molecule has 0 aliphatic heterocycles. The van der Waals surface area contributed by atoms with Crippen molar-refractivity contribution < 1.29 is 31.2 Å². The van der Waals surface area contributed by atoms with Crippen LogP contribution in [0.15, 0.2) is 18.2 Å². The molecular formula is C7H6F3NO4S. The predicted octanol–water partition coefficient (Wildman–Crippen LogP) is 1.63. The minimum atomic E-state index is -4.64. The van der Waals surface area contributed by atoms with E-state index in [0.717, 1.165) is 0 Å². The predicted molar refractivity (Wildman–Crippen MR) is 48.3 cm³/mol. The van der Waals surface area contributed by atoms with E-state index < -0.39 is 33.5 Å². The number of benzene rings is 1. The molecule has 1 aromatic carbocycles. The van der Waals surface area contributed by atoms with E-state index in [1.165, 1.54) is 4.72 Å². The van der Waals surface area contributed by atoms with Gasteiger partial charge in [0.2, 0.25) is 0 Å². The molecule has 16 heavy (non-hydrogen) atoms. The van der Waals surface area contributed by atoms with Gasteiger partial charge in [-0.05, 0) is 18.2 Å². The van der Waals surface area contributed by atoms with Crippen molar-refractivity contribution in [2.75, 3.05) is 4.72 Å². The van der Waals surface area contributed by atoms with E-state index in [1.807, 2.05) is 0 Å². The van der Waals surface area contributed by atoms with E-state index in [0.29, 0.717) is 18.2 Å². The molecule has 1 rings (SSSR count). The van der Waals surface area contributed by atoms with E-state index in [-0.39, 0.29) is 0 Å². The van der Waals surface area contributed by atoms with E-state index >= 15 is 0 Å². The molecular weight excluding hydrogens is 251 g/mol. The minimum Gasteiger partial charge on any atom is -0.506 e. The Kier molecular flexibility index (Phi) is 3.01. The molecule has 9 heteroatoms. The first-order chi connectivity index (χ1) is 7.09. The summed E-state index contributed by atoms with van der Waals surface area (Å²) in [7, 11) is -4.64. The van der Waals surface area contributed by atoms with Gasteiger partial charge in [0.15, 0.2) is 0 Å². The van der Waals surface area contributed by atoms with Crippen LogP contribution in [0.3, 0.4) is 0 Å². The summed E-state index contributed by atoms with van der Waals surface area (Å²) in [5.74, 6) is -0.938. The van der Waals surface area contributed by atoms with E-state index in [1.54, 1.807) is 0 Å². The highest BCUT2D eigenvalue weighted by Gasteiger charge is 2.31. The molecule has 0 aliphatic carbocycles. The fourth-order valence-electron chi connectivity index (χ4n) is 0.933. The van der Waals surface area contributed by atoms with E-state index in [4.69, 9.17) is 9.66 Å². The minimum absolute atomic E-state index is 0.341. The van der Waals surface area contributed by atoms with Crippen LogP contribution in [0.2, 0.25) is 0 Å². The molecule has 0 amide bonds. The van der Waals surface area contributed by atoms with Crippen molar-refractivity contribution in [2.24, 2.45) is 0 Å². The smallest absolute Gasteiger partial charge is 0.416 e. The number of rotatable bonds is 2. The van der Waals surface area contributed by atoms with Gasteiger partial charge in [0.1, 0.15) is 5.75 Å². The molecule has 0 saturated heterocycles. The van der Waals surface area contributed by atoms with Crippen molar-refractivity contribution in [3.8, 4) is 5.75 Å². The standard InChI is InChI=1S/C7H6F3NO4S/c8-7(9,10)4-1-2-5(6(12)3-4)11-16(13,14)15/h1-3,11-12H,(H,13,14,15). The Morgan fingerprint density at radius 2 is 1.81 bits per heavy atom. The Morgan fingerprint density at radius 1 is 1.25 bits per heavy atom. The molecule has 1 aromatic rings. The molecule has 0 fully saturated rings. The van der Waals surface area contributed by atoms with Crippen LogP contribution in [0.5, 0.6) is 5.75 Å².